The molecule has 2 aliphatic rings. The Hall–Kier alpha value is -4.28. The number of halogens is 2. The molecule has 0 atom stereocenters. The number of hydrogen-bond acceptors (Lipinski definition) is 6. The summed E-state index contributed by atoms with van der Waals surface area (Å²) in [4.78, 5) is 17.7. The highest BCUT2D eigenvalue weighted by Crippen LogP contribution is 2.40. The number of aromatic nitrogens is 6. The van der Waals surface area contributed by atoms with E-state index in [1.165, 1.54) is 24.3 Å². The molecule has 0 amide bonds. The molecule has 0 N–H and O–H groups in total. The summed E-state index contributed by atoms with van der Waals surface area (Å²) in [5.74, 6) is 1.63. The Kier molecular flexibility index (Phi) is 7.31. The van der Waals surface area contributed by atoms with Crippen LogP contribution < -0.4 is 0 Å². The summed E-state index contributed by atoms with van der Waals surface area (Å²) >= 11 is 3.52. The molecule has 4 aromatic heterocycles. The Morgan fingerprint density at radius 1 is 0.500 bits per heavy atom. The predicted octanol–water partition coefficient (Wildman–Crippen LogP) is 7.71. The highest BCUT2D eigenvalue weighted by atomic mass is 32.2. The van der Waals surface area contributed by atoms with Crippen molar-refractivity contribution >= 4 is 23.5 Å². The number of rotatable bonds is 4. The van der Waals surface area contributed by atoms with Crippen molar-refractivity contribution in [2.75, 3.05) is 11.5 Å². The standard InChI is InChI=1S/2C16H12FN3S/c2*17-13-3-1-11(2-4-13)14-15(12-5-7-18-8-6-12)20-9-10-21-16(20)19-14/h2*1-8H,9-10H2. The van der Waals surface area contributed by atoms with Crippen LogP contribution in [0.4, 0.5) is 8.78 Å². The Labute approximate surface area is 249 Å². The smallest absolute Gasteiger partial charge is 0.169 e. The van der Waals surface area contributed by atoms with Crippen molar-refractivity contribution < 1.29 is 8.78 Å². The summed E-state index contributed by atoms with van der Waals surface area (Å²) in [6.45, 7) is 1.90. The molecule has 10 heteroatoms. The first kappa shape index (κ1) is 26.6. The lowest BCUT2D eigenvalue weighted by Gasteiger charge is -2.07. The minimum atomic E-state index is -0.231. The molecular weight excluding hydrogens is 571 g/mol. The van der Waals surface area contributed by atoms with Gasteiger partial charge in [0.2, 0.25) is 0 Å². The van der Waals surface area contributed by atoms with Gasteiger partial charge in [0.05, 0.1) is 22.8 Å². The third-order valence-electron chi connectivity index (χ3n) is 7.10. The van der Waals surface area contributed by atoms with Gasteiger partial charge in [0.1, 0.15) is 11.6 Å². The molecule has 6 heterocycles. The summed E-state index contributed by atoms with van der Waals surface area (Å²) in [6, 6.07) is 21.0. The highest BCUT2D eigenvalue weighted by molar-refractivity contribution is 7.99. The molecule has 8 rings (SSSR count). The number of thioether (sulfide) groups is 2. The van der Waals surface area contributed by atoms with Gasteiger partial charge in [-0.2, -0.15) is 0 Å². The van der Waals surface area contributed by atoms with Gasteiger partial charge >= 0.3 is 0 Å². The lowest BCUT2D eigenvalue weighted by Crippen LogP contribution is -1.97. The number of imidazole rings is 2. The van der Waals surface area contributed by atoms with Gasteiger partial charge in [-0.1, -0.05) is 23.5 Å². The normalized spacial score (nSPS) is 13.4. The fourth-order valence-corrected chi connectivity index (χ4v) is 7.08. The van der Waals surface area contributed by atoms with Crippen LogP contribution in [0.3, 0.4) is 0 Å². The second kappa shape index (κ2) is 11.5. The fraction of sp³-hybridized carbons (Fsp3) is 0.125. The van der Waals surface area contributed by atoms with Gasteiger partial charge in [-0.25, -0.2) is 18.7 Å². The van der Waals surface area contributed by atoms with Gasteiger partial charge in [-0.05, 0) is 72.8 Å². The maximum atomic E-state index is 13.1. The molecule has 2 aliphatic heterocycles. The van der Waals surface area contributed by atoms with Crippen LogP contribution >= 0.6 is 23.5 Å². The molecule has 6 nitrogen and oxygen atoms in total. The minimum Gasteiger partial charge on any atom is -0.318 e. The zero-order chi connectivity index (χ0) is 28.5. The molecule has 2 aromatic carbocycles. The van der Waals surface area contributed by atoms with Gasteiger partial charge in [0.25, 0.3) is 0 Å². The van der Waals surface area contributed by atoms with Gasteiger partial charge in [-0.3, -0.25) is 9.97 Å². The van der Waals surface area contributed by atoms with Crippen molar-refractivity contribution in [3.63, 3.8) is 0 Å². The molecule has 0 saturated heterocycles. The van der Waals surface area contributed by atoms with E-state index in [1.807, 2.05) is 24.3 Å². The predicted molar refractivity (Wildman–Crippen MR) is 163 cm³/mol. The third-order valence-corrected chi connectivity index (χ3v) is 9.01. The van der Waals surface area contributed by atoms with E-state index < -0.39 is 0 Å². The van der Waals surface area contributed by atoms with E-state index in [9.17, 15) is 8.78 Å². The van der Waals surface area contributed by atoms with Crippen LogP contribution in [0.15, 0.2) is 108 Å². The van der Waals surface area contributed by atoms with Crippen molar-refractivity contribution in [1.29, 1.82) is 0 Å². The number of hydrogen-bond donors (Lipinski definition) is 0. The van der Waals surface area contributed by atoms with Crippen LogP contribution in [-0.4, -0.2) is 40.6 Å². The van der Waals surface area contributed by atoms with E-state index in [0.717, 1.165) is 79.9 Å². The second-order valence-electron chi connectivity index (χ2n) is 9.67. The van der Waals surface area contributed by atoms with Crippen LogP contribution in [0.2, 0.25) is 0 Å². The van der Waals surface area contributed by atoms with E-state index in [-0.39, 0.29) is 11.6 Å². The summed E-state index contributed by atoms with van der Waals surface area (Å²) in [5.41, 5.74) is 8.03. The number of pyridine rings is 2. The summed E-state index contributed by atoms with van der Waals surface area (Å²) < 4.78 is 30.8. The van der Waals surface area contributed by atoms with Crippen molar-refractivity contribution in [2.45, 2.75) is 23.4 Å². The molecule has 208 valence electrons. The highest BCUT2D eigenvalue weighted by Gasteiger charge is 2.25. The van der Waals surface area contributed by atoms with E-state index in [2.05, 4.69) is 19.1 Å². The monoisotopic (exact) mass is 594 g/mol. The number of nitrogens with zero attached hydrogens (tertiary/aromatic N) is 6. The zero-order valence-corrected chi connectivity index (χ0v) is 24.0. The molecule has 6 aromatic rings. The molecule has 0 spiro atoms. The molecule has 0 fully saturated rings. The van der Waals surface area contributed by atoms with Crippen LogP contribution in [0, 0.1) is 11.6 Å². The summed E-state index contributed by atoms with van der Waals surface area (Å²) in [6.07, 6.45) is 7.13. The summed E-state index contributed by atoms with van der Waals surface area (Å²) in [5, 5.41) is 2.06. The topological polar surface area (TPSA) is 61.4 Å². The van der Waals surface area contributed by atoms with Crippen molar-refractivity contribution in [3.8, 4) is 45.0 Å². The molecule has 0 unspecified atom stereocenters. The first-order valence-electron chi connectivity index (χ1n) is 13.4. The lowest BCUT2D eigenvalue weighted by molar-refractivity contribution is 0.627. The first-order chi connectivity index (χ1) is 20.7. The minimum absolute atomic E-state index is 0.231. The first-order valence-corrected chi connectivity index (χ1v) is 15.4. The van der Waals surface area contributed by atoms with E-state index in [0.29, 0.717) is 0 Å². The van der Waals surface area contributed by atoms with Crippen molar-refractivity contribution in [1.82, 2.24) is 29.1 Å². The van der Waals surface area contributed by atoms with Crippen molar-refractivity contribution in [2.24, 2.45) is 0 Å². The second-order valence-corrected chi connectivity index (χ2v) is 11.8. The van der Waals surface area contributed by atoms with Crippen LogP contribution in [0.5, 0.6) is 0 Å². The van der Waals surface area contributed by atoms with Crippen molar-refractivity contribution in [3.05, 3.63) is 109 Å². The van der Waals surface area contributed by atoms with Crippen LogP contribution in [0.25, 0.3) is 45.0 Å². The largest absolute Gasteiger partial charge is 0.318 e. The Morgan fingerprint density at radius 2 is 0.881 bits per heavy atom. The lowest BCUT2D eigenvalue weighted by atomic mass is 10.1. The Balaban J connectivity index is 0.000000137. The zero-order valence-electron chi connectivity index (χ0n) is 22.3. The van der Waals surface area contributed by atoms with Crippen LogP contribution in [-0.2, 0) is 13.1 Å². The molecule has 42 heavy (non-hydrogen) atoms. The van der Waals surface area contributed by atoms with Gasteiger partial charge in [0, 0.05) is 71.6 Å². The average Bonchev–Trinajstić information content (AvgIpc) is 3.81. The quantitative estimate of drug-likeness (QED) is 0.208. The number of fused-ring (bicyclic) bond motifs is 2. The summed E-state index contributed by atoms with van der Waals surface area (Å²) in [7, 11) is 0. The Morgan fingerprint density at radius 3 is 1.26 bits per heavy atom. The molecular formula is C32H24F2N6S2. The van der Waals surface area contributed by atoms with Crippen LogP contribution in [0.1, 0.15) is 0 Å². The molecule has 0 aliphatic carbocycles. The maximum Gasteiger partial charge on any atom is 0.169 e. The fourth-order valence-electron chi connectivity index (χ4n) is 5.18. The molecule has 0 bridgehead atoms. The average molecular weight is 595 g/mol. The van der Waals surface area contributed by atoms with E-state index in [4.69, 9.17) is 9.97 Å². The maximum absolute atomic E-state index is 13.1. The van der Waals surface area contributed by atoms with E-state index >= 15 is 0 Å². The third kappa shape index (κ3) is 5.12. The van der Waals surface area contributed by atoms with Gasteiger partial charge in [-0.15, -0.1) is 0 Å². The molecule has 0 saturated carbocycles. The number of benzene rings is 2. The van der Waals surface area contributed by atoms with Gasteiger partial charge < -0.3 is 9.13 Å². The molecule has 0 radical (unpaired) electrons. The Bertz CT molecular complexity index is 1700. The van der Waals surface area contributed by atoms with E-state index in [1.54, 1.807) is 72.6 Å². The SMILES string of the molecule is Fc1ccc(-c2nc3n(c2-c2ccncc2)CCS3)cc1.Fc1ccc(-c2nc3n(c2-c2ccncc2)CCS3)cc1. The van der Waals surface area contributed by atoms with Gasteiger partial charge in [0.15, 0.2) is 10.3 Å².